The molecule has 1 aromatic heterocycles. The van der Waals surface area contributed by atoms with Gasteiger partial charge in [-0.2, -0.15) is 0 Å². The Balaban J connectivity index is 1.61. The lowest BCUT2D eigenvalue weighted by molar-refractivity contribution is -0.133. The van der Waals surface area contributed by atoms with Crippen LogP contribution in [0, 0.1) is 11.8 Å². The van der Waals surface area contributed by atoms with E-state index in [1.807, 2.05) is 12.3 Å². The zero-order valence-electron chi connectivity index (χ0n) is 35.5. The Kier molecular flexibility index (Phi) is 12.4. The second kappa shape index (κ2) is 15.7. The minimum absolute atomic E-state index is 0.0281. The van der Waals surface area contributed by atoms with Gasteiger partial charge < -0.3 is 22.7 Å². The molecule has 6 nitrogen and oxygen atoms in total. The molecule has 3 aromatic rings. The molecule has 1 spiro atoms. The fourth-order valence-electron chi connectivity index (χ4n) is 7.85. The Morgan fingerprint density at radius 1 is 0.943 bits per heavy atom. The predicted molar refractivity (Wildman–Crippen MR) is 223 cm³/mol. The van der Waals surface area contributed by atoms with Gasteiger partial charge in [-0.25, -0.2) is 0 Å². The number of fused-ring (bicyclic) bond motifs is 1. The first-order chi connectivity index (χ1) is 24.7. The molecule has 1 aliphatic carbocycles. The number of epoxide rings is 1. The van der Waals surface area contributed by atoms with Gasteiger partial charge in [-0.1, -0.05) is 106 Å². The van der Waals surface area contributed by atoms with E-state index in [4.69, 9.17) is 22.7 Å². The topological polar surface area (TPSA) is 70.4 Å². The van der Waals surface area contributed by atoms with Crippen LogP contribution in [0.4, 0.5) is 0 Å². The van der Waals surface area contributed by atoms with E-state index >= 15 is 0 Å². The summed E-state index contributed by atoms with van der Waals surface area (Å²) >= 11 is 0. The number of furan rings is 1. The highest BCUT2D eigenvalue weighted by molar-refractivity contribution is 6.74. The first-order valence-corrected chi connectivity index (χ1v) is 26.2. The van der Waals surface area contributed by atoms with E-state index in [0.29, 0.717) is 25.6 Å². The molecule has 1 saturated heterocycles. The van der Waals surface area contributed by atoms with Crippen LogP contribution in [0.2, 0.25) is 36.3 Å². The van der Waals surface area contributed by atoms with E-state index in [9.17, 15) is 4.79 Å². The molecule has 2 heterocycles. The first kappa shape index (κ1) is 41.9. The van der Waals surface area contributed by atoms with Gasteiger partial charge in [-0.05, 0) is 96.9 Å². The summed E-state index contributed by atoms with van der Waals surface area (Å²) < 4.78 is 34.0. The molecule has 1 saturated carbocycles. The fourth-order valence-corrected chi connectivity index (χ4v) is 10.1. The van der Waals surface area contributed by atoms with Crippen LogP contribution in [-0.2, 0) is 38.0 Å². The lowest BCUT2D eigenvalue weighted by atomic mass is 9.69. The van der Waals surface area contributed by atoms with Gasteiger partial charge in [0, 0.05) is 17.4 Å². The van der Waals surface area contributed by atoms with Crippen molar-refractivity contribution >= 4 is 33.4 Å². The molecule has 5 atom stereocenters. The molecule has 2 fully saturated rings. The number of hydrogen-bond acceptors (Lipinski definition) is 6. The number of benzene rings is 2. The number of rotatable bonds is 15. The number of ether oxygens (including phenoxy) is 2. The summed E-state index contributed by atoms with van der Waals surface area (Å²) in [4.78, 5) is 14.3. The molecule has 294 valence electrons. The van der Waals surface area contributed by atoms with E-state index in [1.54, 1.807) is 0 Å². The van der Waals surface area contributed by atoms with Crippen molar-refractivity contribution in [3.63, 3.8) is 0 Å². The third-order valence-electron chi connectivity index (χ3n) is 13.1. The molecular formula is C45H70O6Si2. The van der Waals surface area contributed by atoms with Crippen molar-refractivity contribution in [2.75, 3.05) is 0 Å². The van der Waals surface area contributed by atoms with Crippen LogP contribution in [0.5, 0.6) is 5.75 Å². The summed E-state index contributed by atoms with van der Waals surface area (Å²) in [6.07, 6.45) is 6.68. The largest absolute Gasteiger partial charge is 0.488 e. The zero-order chi connectivity index (χ0) is 39.1. The van der Waals surface area contributed by atoms with Gasteiger partial charge in [0.2, 0.25) is 0 Å². The Morgan fingerprint density at radius 3 is 2.17 bits per heavy atom. The SMILES string of the molecule is CCC[C@@H](c1coc2c(CO[Si](C)(C)C(C)(C)C)c(OCc3ccccc3)c(CC(C)C)cc12)[C@@H]1CC(=O)[C@]2(OC2CC)[C@H](O[Si](C)(C)C(C)(C)C)C1. The Hall–Kier alpha value is -2.24. The first-order valence-electron chi connectivity index (χ1n) is 20.4. The summed E-state index contributed by atoms with van der Waals surface area (Å²) in [5, 5.41) is 1.22. The third kappa shape index (κ3) is 8.62. The number of carbonyl (C=O) groups excluding carboxylic acids is 1. The van der Waals surface area contributed by atoms with Gasteiger partial charge in [0.25, 0.3) is 0 Å². The van der Waals surface area contributed by atoms with E-state index in [2.05, 4.69) is 126 Å². The van der Waals surface area contributed by atoms with Crippen molar-refractivity contribution in [2.24, 2.45) is 11.8 Å². The summed E-state index contributed by atoms with van der Waals surface area (Å²) in [5.74, 6) is 1.80. The molecule has 5 rings (SSSR count). The van der Waals surface area contributed by atoms with E-state index in [-0.39, 0.29) is 39.9 Å². The molecule has 1 unspecified atom stereocenters. The smallest absolute Gasteiger partial charge is 0.192 e. The zero-order valence-corrected chi connectivity index (χ0v) is 37.5. The maximum atomic E-state index is 14.3. The van der Waals surface area contributed by atoms with Crippen molar-refractivity contribution in [2.45, 2.75) is 181 Å². The fraction of sp³-hybridized carbons (Fsp3) is 0.667. The maximum absolute atomic E-state index is 14.3. The Labute approximate surface area is 323 Å². The van der Waals surface area contributed by atoms with Crippen molar-refractivity contribution < 1.29 is 27.5 Å². The van der Waals surface area contributed by atoms with Crippen molar-refractivity contribution in [1.29, 1.82) is 0 Å². The highest BCUT2D eigenvalue weighted by atomic mass is 28.4. The van der Waals surface area contributed by atoms with Crippen LogP contribution in [0.3, 0.4) is 0 Å². The standard InChI is InChI=1S/C45H70O6Si2/c1-15-20-34(32-25-38(46)45(39(16-2)50-45)40(26-32)51-53(13,14)44(8,9)10)36-28-48-42-35(36)24-33(23-30(3)4)41(47-27-31-21-18-17-19-22-31)37(42)29-49-52(11,12)43(5,6)7/h17-19,21-22,24,28,30,32,34,39-40H,15-16,20,23,25-27,29H2,1-14H3/t32-,34-,39?,40-,45-/m1/s1. The van der Waals surface area contributed by atoms with E-state index in [1.165, 1.54) is 11.1 Å². The minimum Gasteiger partial charge on any atom is -0.488 e. The average molecular weight is 763 g/mol. The molecule has 1 aliphatic heterocycles. The lowest BCUT2D eigenvalue weighted by Gasteiger charge is -2.44. The quantitative estimate of drug-likeness (QED) is 0.113. The van der Waals surface area contributed by atoms with Gasteiger partial charge in [0.15, 0.2) is 28.0 Å². The Morgan fingerprint density at radius 2 is 1.60 bits per heavy atom. The van der Waals surface area contributed by atoms with E-state index < -0.39 is 22.2 Å². The molecule has 2 aromatic carbocycles. The van der Waals surface area contributed by atoms with Crippen LogP contribution in [0.15, 0.2) is 47.1 Å². The summed E-state index contributed by atoms with van der Waals surface area (Å²) in [6.45, 7) is 32.7. The van der Waals surface area contributed by atoms with Crippen LogP contribution in [-0.4, -0.2) is 40.2 Å². The predicted octanol–water partition coefficient (Wildman–Crippen LogP) is 12.5. The highest BCUT2D eigenvalue weighted by Crippen LogP contribution is 2.55. The molecule has 8 heteroatoms. The summed E-state index contributed by atoms with van der Waals surface area (Å²) in [7, 11) is -4.30. The van der Waals surface area contributed by atoms with Crippen molar-refractivity contribution in [3.8, 4) is 5.75 Å². The lowest BCUT2D eigenvalue weighted by Crippen LogP contribution is -2.55. The van der Waals surface area contributed by atoms with Crippen LogP contribution in [0.1, 0.15) is 130 Å². The minimum atomic E-state index is -2.19. The Bertz CT molecular complexity index is 1710. The average Bonchev–Trinajstić information content (AvgIpc) is 3.66. The number of Topliss-reactive ketones (excluding diaryl/α,β-unsaturated/α-hetero) is 1. The normalized spacial score (nSPS) is 23.3. The van der Waals surface area contributed by atoms with Crippen molar-refractivity contribution in [3.05, 3.63) is 64.9 Å². The maximum Gasteiger partial charge on any atom is 0.192 e. The second-order valence-electron chi connectivity index (χ2n) is 19.5. The van der Waals surface area contributed by atoms with Gasteiger partial charge >= 0.3 is 0 Å². The van der Waals surface area contributed by atoms with Gasteiger partial charge in [-0.15, -0.1) is 0 Å². The third-order valence-corrected chi connectivity index (χ3v) is 22.0. The molecule has 0 bridgehead atoms. The summed E-state index contributed by atoms with van der Waals surface area (Å²) in [5.41, 5.74) is 4.56. The molecule has 0 N–H and O–H groups in total. The van der Waals surface area contributed by atoms with Crippen LogP contribution >= 0.6 is 0 Å². The monoisotopic (exact) mass is 762 g/mol. The number of hydrogen-bond donors (Lipinski definition) is 0. The molecule has 0 radical (unpaired) electrons. The number of carbonyl (C=O) groups is 1. The second-order valence-corrected chi connectivity index (χ2v) is 29.1. The molecule has 53 heavy (non-hydrogen) atoms. The van der Waals surface area contributed by atoms with Crippen molar-refractivity contribution in [1.82, 2.24) is 0 Å². The van der Waals surface area contributed by atoms with Gasteiger partial charge in [0.1, 0.15) is 17.9 Å². The van der Waals surface area contributed by atoms with Crippen LogP contribution in [0.25, 0.3) is 11.0 Å². The number of ketones is 1. The van der Waals surface area contributed by atoms with Crippen LogP contribution < -0.4 is 4.74 Å². The highest BCUT2D eigenvalue weighted by Gasteiger charge is 2.69. The molecular weight excluding hydrogens is 693 g/mol. The molecule has 0 amide bonds. The van der Waals surface area contributed by atoms with E-state index in [0.717, 1.165) is 59.9 Å². The van der Waals surface area contributed by atoms with Gasteiger partial charge in [-0.3, -0.25) is 4.79 Å². The molecule has 2 aliphatic rings. The van der Waals surface area contributed by atoms with Gasteiger partial charge in [0.05, 0.1) is 30.6 Å². The summed E-state index contributed by atoms with van der Waals surface area (Å²) in [6, 6.07) is 12.7.